The monoisotopic (exact) mass is 364 g/mol. The summed E-state index contributed by atoms with van der Waals surface area (Å²) in [4.78, 5) is 11.3. The van der Waals surface area contributed by atoms with Crippen LogP contribution in [0.5, 0.6) is 5.75 Å². The average molecular weight is 365 g/mol. The molecule has 148 valence electrons. The molecule has 0 saturated carbocycles. The molecule has 0 aliphatic rings. The Morgan fingerprint density at radius 2 is 1.50 bits per heavy atom. The largest absolute Gasteiger partial charge is 0.497 e. The number of unbranched alkanes of at least 4 members (excludes halogenated alkanes) is 8. The quantitative estimate of drug-likeness (QED) is 0.217. The Bertz CT molecular complexity index is 470. The summed E-state index contributed by atoms with van der Waals surface area (Å²) in [6.07, 6.45) is 11.7. The van der Waals surface area contributed by atoms with E-state index in [0.29, 0.717) is 6.61 Å². The van der Waals surface area contributed by atoms with Crippen molar-refractivity contribution in [3.63, 3.8) is 0 Å². The Kier molecular flexibility index (Phi) is 12.6. The minimum Gasteiger partial charge on any atom is -0.497 e. The molecule has 0 bridgehead atoms. The van der Waals surface area contributed by atoms with E-state index in [1.54, 1.807) is 7.11 Å². The van der Waals surface area contributed by atoms with Crippen LogP contribution in [0.4, 0.5) is 0 Å². The van der Waals surface area contributed by atoms with E-state index in [1.165, 1.54) is 51.9 Å². The molecule has 4 heteroatoms. The first kappa shape index (κ1) is 22.5. The van der Waals surface area contributed by atoms with Gasteiger partial charge in [-0.25, -0.2) is 0 Å². The first-order chi connectivity index (χ1) is 12.7. The molecule has 4 nitrogen and oxygen atoms in total. The van der Waals surface area contributed by atoms with Crippen LogP contribution < -0.4 is 4.74 Å². The van der Waals surface area contributed by atoms with Gasteiger partial charge >= 0.3 is 5.97 Å². The van der Waals surface area contributed by atoms with E-state index in [9.17, 15) is 4.79 Å². The Labute approximate surface area is 159 Å². The van der Waals surface area contributed by atoms with E-state index in [2.05, 4.69) is 6.92 Å². The van der Waals surface area contributed by atoms with Crippen molar-refractivity contribution in [3.8, 4) is 5.75 Å². The average Bonchev–Trinajstić information content (AvgIpc) is 2.64. The van der Waals surface area contributed by atoms with Gasteiger partial charge in [-0.3, -0.25) is 4.79 Å². The maximum Gasteiger partial charge on any atom is 0.304 e. The van der Waals surface area contributed by atoms with Crippen LogP contribution in [-0.2, 0) is 20.9 Å². The number of ether oxygens (including phenoxy) is 3. The highest BCUT2D eigenvalue weighted by Gasteiger charge is 2.12. The van der Waals surface area contributed by atoms with Gasteiger partial charge in [0, 0.05) is 13.3 Å². The second-order valence-electron chi connectivity index (χ2n) is 6.82. The molecule has 0 heterocycles. The predicted octanol–water partition coefficient (Wildman–Crippen LogP) is 6.02. The Hall–Kier alpha value is -1.55. The Morgan fingerprint density at radius 3 is 2.04 bits per heavy atom. The SMILES string of the molecule is CCCCCCCCCCCC(OCc1ccc(OC)cc1)OC(C)=O. The molecule has 1 aromatic rings. The minimum absolute atomic E-state index is 0.291. The molecule has 0 aromatic heterocycles. The Morgan fingerprint density at radius 1 is 0.923 bits per heavy atom. The number of carbonyl (C=O) groups excluding carboxylic acids is 1. The number of carbonyl (C=O) groups is 1. The van der Waals surface area contributed by atoms with E-state index in [-0.39, 0.29) is 5.97 Å². The van der Waals surface area contributed by atoms with Gasteiger partial charge in [0.2, 0.25) is 6.29 Å². The summed E-state index contributed by atoms with van der Waals surface area (Å²) in [5.74, 6) is 0.528. The van der Waals surface area contributed by atoms with Crippen LogP contribution in [0.15, 0.2) is 24.3 Å². The summed E-state index contributed by atoms with van der Waals surface area (Å²) in [6.45, 7) is 4.11. The maximum atomic E-state index is 11.3. The van der Waals surface area contributed by atoms with Crippen molar-refractivity contribution in [1.82, 2.24) is 0 Å². The van der Waals surface area contributed by atoms with Crippen molar-refractivity contribution in [2.75, 3.05) is 7.11 Å². The molecule has 0 amide bonds. The van der Waals surface area contributed by atoms with Crippen LogP contribution >= 0.6 is 0 Å². The maximum absolute atomic E-state index is 11.3. The molecule has 26 heavy (non-hydrogen) atoms. The van der Waals surface area contributed by atoms with Gasteiger partial charge in [0.05, 0.1) is 13.7 Å². The van der Waals surface area contributed by atoms with Crippen molar-refractivity contribution < 1.29 is 19.0 Å². The van der Waals surface area contributed by atoms with Crippen molar-refractivity contribution in [1.29, 1.82) is 0 Å². The van der Waals surface area contributed by atoms with Crippen molar-refractivity contribution in [3.05, 3.63) is 29.8 Å². The molecule has 0 N–H and O–H groups in total. The molecule has 1 rings (SSSR count). The van der Waals surface area contributed by atoms with E-state index in [1.807, 2.05) is 24.3 Å². The van der Waals surface area contributed by atoms with Gasteiger partial charge in [0.15, 0.2) is 0 Å². The van der Waals surface area contributed by atoms with Crippen LogP contribution in [0, 0.1) is 0 Å². The van der Waals surface area contributed by atoms with Gasteiger partial charge in [-0.05, 0) is 24.1 Å². The first-order valence-electron chi connectivity index (χ1n) is 10.1. The number of rotatable bonds is 15. The summed E-state index contributed by atoms with van der Waals surface area (Å²) in [7, 11) is 1.65. The summed E-state index contributed by atoms with van der Waals surface area (Å²) >= 11 is 0. The number of hydrogen-bond acceptors (Lipinski definition) is 4. The number of hydrogen-bond donors (Lipinski definition) is 0. The van der Waals surface area contributed by atoms with E-state index in [4.69, 9.17) is 14.2 Å². The standard InChI is InChI=1S/C22H36O4/c1-4-5-6-7-8-9-10-11-12-13-22(26-19(2)23)25-18-20-14-16-21(24-3)17-15-20/h14-17,22H,4-13,18H2,1-3H3. The summed E-state index contributed by atoms with van der Waals surface area (Å²) in [5, 5.41) is 0. The Balaban J connectivity index is 2.20. The lowest BCUT2D eigenvalue weighted by Crippen LogP contribution is -2.20. The van der Waals surface area contributed by atoms with Gasteiger partial charge in [-0.1, -0.05) is 70.4 Å². The number of methoxy groups -OCH3 is 1. The van der Waals surface area contributed by atoms with Crippen LogP contribution in [0.2, 0.25) is 0 Å². The lowest BCUT2D eigenvalue weighted by molar-refractivity contribution is -0.180. The number of esters is 1. The van der Waals surface area contributed by atoms with Crippen molar-refractivity contribution in [2.24, 2.45) is 0 Å². The predicted molar refractivity (Wildman–Crippen MR) is 105 cm³/mol. The zero-order valence-electron chi connectivity index (χ0n) is 16.8. The molecule has 0 aliphatic carbocycles. The van der Waals surface area contributed by atoms with E-state index >= 15 is 0 Å². The molecule has 0 radical (unpaired) electrons. The van der Waals surface area contributed by atoms with Crippen molar-refractivity contribution >= 4 is 5.97 Å². The highest BCUT2D eigenvalue weighted by atomic mass is 16.7. The second kappa shape index (κ2) is 14.6. The fraction of sp³-hybridized carbons (Fsp3) is 0.682. The number of benzene rings is 1. The fourth-order valence-electron chi connectivity index (χ4n) is 2.89. The lowest BCUT2D eigenvalue weighted by atomic mass is 10.1. The minimum atomic E-state index is -0.459. The van der Waals surface area contributed by atoms with Gasteiger partial charge < -0.3 is 14.2 Å². The zero-order chi connectivity index (χ0) is 19.0. The fourth-order valence-corrected chi connectivity index (χ4v) is 2.89. The molecular formula is C22H36O4. The molecule has 1 unspecified atom stereocenters. The van der Waals surface area contributed by atoms with Gasteiger partial charge in [0.25, 0.3) is 0 Å². The molecule has 0 saturated heterocycles. The van der Waals surface area contributed by atoms with Crippen LogP contribution in [0.3, 0.4) is 0 Å². The third-order valence-electron chi connectivity index (χ3n) is 4.44. The molecular weight excluding hydrogens is 328 g/mol. The van der Waals surface area contributed by atoms with E-state index < -0.39 is 6.29 Å². The summed E-state index contributed by atoms with van der Waals surface area (Å²) in [6, 6.07) is 7.73. The van der Waals surface area contributed by atoms with Crippen molar-refractivity contribution in [2.45, 2.75) is 91.0 Å². The smallest absolute Gasteiger partial charge is 0.304 e. The lowest BCUT2D eigenvalue weighted by Gasteiger charge is -2.18. The van der Waals surface area contributed by atoms with Crippen LogP contribution in [0.25, 0.3) is 0 Å². The molecule has 0 aliphatic heterocycles. The first-order valence-corrected chi connectivity index (χ1v) is 10.1. The van der Waals surface area contributed by atoms with E-state index in [0.717, 1.165) is 30.6 Å². The molecule has 1 atom stereocenters. The van der Waals surface area contributed by atoms with Gasteiger partial charge in [-0.15, -0.1) is 0 Å². The van der Waals surface area contributed by atoms with Crippen LogP contribution in [-0.4, -0.2) is 19.4 Å². The zero-order valence-corrected chi connectivity index (χ0v) is 16.8. The molecule has 0 spiro atoms. The molecule has 0 fully saturated rings. The normalized spacial score (nSPS) is 12.0. The third kappa shape index (κ3) is 11.1. The summed E-state index contributed by atoms with van der Waals surface area (Å²) in [5.41, 5.74) is 1.04. The van der Waals surface area contributed by atoms with Gasteiger partial charge in [0.1, 0.15) is 5.75 Å². The summed E-state index contributed by atoms with van der Waals surface area (Å²) < 4.78 is 16.3. The highest BCUT2D eigenvalue weighted by Crippen LogP contribution is 2.16. The highest BCUT2D eigenvalue weighted by molar-refractivity contribution is 5.66. The molecule has 1 aromatic carbocycles. The second-order valence-corrected chi connectivity index (χ2v) is 6.82. The topological polar surface area (TPSA) is 44.8 Å². The van der Waals surface area contributed by atoms with Crippen LogP contribution in [0.1, 0.15) is 83.6 Å². The third-order valence-corrected chi connectivity index (χ3v) is 4.44. The van der Waals surface area contributed by atoms with Gasteiger partial charge in [-0.2, -0.15) is 0 Å².